The summed E-state index contributed by atoms with van der Waals surface area (Å²) < 4.78 is 5.52. The van der Waals surface area contributed by atoms with E-state index < -0.39 is 0 Å². The van der Waals surface area contributed by atoms with Gasteiger partial charge in [0.15, 0.2) is 0 Å². The van der Waals surface area contributed by atoms with Gasteiger partial charge >= 0.3 is 0 Å². The van der Waals surface area contributed by atoms with E-state index in [0.29, 0.717) is 13.1 Å². The van der Waals surface area contributed by atoms with Gasteiger partial charge in [-0.05, 0) is 41.5 Å². The SMILES string of the molecule is COc1cccc2c(C)cc(N3CCN(C(=O)c4cccc5ccccc45)CC3)nc12. The Morgan fingerprint density at radius 3 is 2.42 bits per heavy atom. The van der Waals surface area contributed by atoms with E-state index in [1.54, 1.807) is 7.11 Å². The van der Waals surface area contributed by atoms with Crippen molar-refractivity contribution in [1.82, 2.24) is 9.88 Å². The molecule has 4 aromatic rings. The first-order chi connectivity index (χ1) is 15.2. The third-order valence-corrected chi connectivity index (χ3v) is 6.13. The highest BCUT2D eigenvalue weighted by atomic mass is 16.5. The lowest BCUT2D eigenvalue weighted by Crippen LogP contribution is -2.49. The Balaban J connectivity index is 1.37. The number of anilines is 1. The quantitative estimate of drug-likeness (QED) is 0.492. The lowest BCUT2D eigenvalue weighted by atomic mass is 10.0. The van der Waals surface area contributed by atoms with Crippen molar-refractivity contribution in [3.8, 4) is 5.75 Å². The van der Waals surface area contributed by atoms with Gasteiger partial charge in [-0.25, -0.2) is 4.98 Å². The van der Waals surface area contributed by atoms with Crippen molar-refractivity contribution in [2.75, 3.05) is 38.2 Å². The summed E-state index contributed by atoms with van der Waals surface area (Å²) in [5.74, 6) is 1.82. The van der Waals surface area contributed by atoms with Gasteiger partial charge in [-0.1, -0.05) is 48.5 Å². The monoisotopic (exact) mass is 411 g/mol. The van der Waals surface area contributed by atoms with E-state index in [9.17, 15) is 4.79 Å². The molecule has 1 fully saturated rings. The number of hydrogen-bond donors (Lipinski definition) is 0. The van der Waals surface area contributed by atoms with Crippen molar-refractivity contribution in [2.45, 2.75) is 6.92 Å². The molecule has 5 heteroatoms. The van der Waals surface area contributed by atoms with Crippen LogP contribution in [0.3, 0.4) is 0 Å². The number of fused-ring (bicyclic) bond motifs is 2. The molecule has 0 bridgehead atoms. The molecule has 0 aliphatic carbocycles. The zero-order chi connectivity index (χ0) is 21.4. The molecule has 1 saturated heterocycles. The van der Waals surface area contributed by atoms with Gasteiger partial charge in [0.25, 0.3) is 5.91 Å². The predicted octanol–water partition coefficient (Wildman–Crippen LogP) is 4.67. The van der Waals surface area contributed by atoms with E-state index in [4.69, 9.17) is 9.72 Å². The number of nitrogens with zero attached hydrogens (tertiary/aromatic N) is 3. The minimum atomic E-state index is 0.0979. The van der Waals surface area contributed by atoms with E-state index in [-0.39, 0.29) is 5.91 Å². The first-order valence-corrected chi connectivity index (χ1v) is 10.6. The summed E-state index contributed by atoms with van der Waals surface area (Å²) in [6.07, 6.45) is 0. The second kappa shape index (κ2) is 7.91. The maximum Gasteiger partial charge on any atom is 0.254 e. The fourth-order valence-corrected chi connectivity index (χ4v) is 4.42. The van der Waals surface area contributed by atoms with Crippen LogP contribution in [-0.4, -0.2) is 49.1 Å². The Kier molecular flexibility index (Phi) is 4.94. The Bertz CT molecular complexity index is 1270. The minimum Gasteiger partial charge on any atom is -0.494 e. The molecule has 1 aromatic heterocycles. The van der Waals surface area contributed by atoms with Crippen LogP contribution in [0.15, 0.2) is 66.7 Å². The van der Waals surface area contributed by atoms with Crippen LogP contribution in [-0.2, 0) is 0 Å². The average molecular weight is 412 g/mol. The van der Waals surface area contributed by atoms with Crippen molar-refractivity contribution in [3.63, 3.8) is 0 Å². The van der Waals surface area contributed by atoms with Crippen LogP contribution in [0.4, 0.5) is 5.82 Å². The lowest BCUT2D eigenvalue weighted by Gasteiger charge is -2.36. The summed E-state index contributed by atoms with van der Waals surface area (Å²) in [7, 11) is 1.68. The summed E-state index contributed by atoms with van der Waals surface area (Å²) in [5, 5.41) is 3.21. The molecule has 0 radical (unpaired) electrons. The summed E-state index contributed by atoms with van der Waals surface area (Å²) in [4.78, 5) is 22.3. The predicted molar refractivity (Wildman–Crippen MR) is 125 cm³/mol. The highest BCUT2D eigenvalue weighted by Gasteiger charge is 2.24. The highest BCUT2D eigenvalue weighted by molar-refractivity contribution is 6.07. The maximum absolute atomic E-state index is 13.2. The molecule has 5 nitrogen and oxygen atoms in total. The Morgan fingerprint density at radius 2 is 1.61 bits per heavy atom. The summed E-state index contributed by atoms with van der Waals surface area (Å²) in [6, 6.07) is 22.1. The molecular formula is C26H25N3O2. The normalized spacial score (nSPS) is 14.3. The number of para-hydroxylation sites is 1. The van der Waals surface area contributed by atoms with Crippen LogP contribution in [0.2, 0.25) is 0 Å². The van der Waals surface area contributed by atoms with Gasteiger partial charge in [0, 0.05) is 37.1 Å². The van der Waals surface area contributed by atoms with Crippen molar-refractivity contribution in [2.24, 2.45) is 0 Å². The summed E-state index contributed by atoms with van der Waals surface area (Å²) in [6.45, 7) is 4.96. The van der Waals surface area contributed by atoms with E-state index >= 15 is 0 Å². The molecule has 0 atom stereocenters. The lowest BCUT2D eigenvalue weighted by molar-refractivity contribution is 0.0748. The first-order valence-electron chi connectivity index (χ1n) is 10.6. The Labute approximate surface area is 181 Å². The molecule has 1 aliphatic heterocycles. The third kappa shape index (κ3) is 3.46. The van der Waals surface area contributed by atoms with Crippen molar-refractivity contribution in [1.29, 1.82) is 0 Å². The molecule has 3 aromatic carbocycles. The number of aromatic nitrogens is 1. The van der Waals surface area contributed by atoms with Crippen molar-refractivity contribution >= 4 is 33.4 Å². The molecule has 0 unspecified atom stereocenters. The van der Waals surface area contributed by atoms with Gasteiger partial charge in [-0.15, -0.1) is 0 Å². The topological polar surface area (TPSA) is 45.7 Å². The number of rotatable bonds is 3. The van der Waals surface area contributed by atoms with Crippen molar-refractivity contribution in [3.05, 3.63) is 77.9 Å². The first kappa shape index (κ1) is 19.4. The summed E-state index contributed by atoms with van der Waals surface area (Å²) in [5.41, 5.74) is 2.83. The van der Waals surface area contributed by atoms with Gasteiger partial charge in [-0.3, -0.25) is 4.79 Å². The van der Waals surface area contributed by atoms with E-state index in [1.165, 1.54) is 5.56 Å². The number of carbonyl (C=O) groups excluding carboxylic acids is 1. The molecule has 2 heterocycles. The minimum absolute atomic E-state index is 0.0979. The number of methoxy groups -OCH3 is 1. The molecule has 0 saturated carbocycles. The number of pyridine rings is 1. The molecule has 0 N–H and O–H groups in total. The van der Waals surface area contributed by atoms with Gasteiger partial charge in [0.1, 0.15) is 17.1 Å². The highest BCUT2D eigenvalue weighted by Crippen LogP contribution is 2.30. The average Bonchev–Trinajstić information content (AvgIpc) is 2.83. The Morgan fingerprint density at radius 1 is 0.903 bits per heavy atom. The van der Waals surface area contributed by atoms with E-state index in [0.717, 1.165) is 51.9 Å². The van der Waals surface area contributed by atoms with Crippen LogP contribution in [0.1, 0.15) is 15.9 Å². The van der Waals surface area contributed by atoms with Gasteiger partial charge in [0.2, 0.25) is 0 Å². The van der Waals surface area contributed by atoms with Gasteiger partial charge in [-0.2, -0.15) is 0 Å². The zero-order valence-electron chi connectivity index (χ0n) is 17.8. The van der Waals surface area contributed by atoms with Gasteiger partial charge in [0.05, 0.1) is 7.11 Å². The fraction of sp³-hybridized carbons (Fsp3) is 0.231. The van der Waals surface area contributed by atoms with E-state index in [2.05, 4.69) is 24.0 Å². The molecule has 31 heavy (non-hydrogen) atoms. The van der Waals surface area contributed by atoms with Crippen molar-refractivity contribution < 1.29 is 9.53 Å². The smallest absolute Gasteiger partial charge is 0.254 e. The molecular weight excluding hydrogens is 386 g/mol. The van der Waals surface area contributed by atoms with Gasteiger partial charge < -0.3 is 14.5 Å². The molecule has 1 aliphatic rings. The summed E-state index contributed by atoms with van der Waals surface area (Å²) >= 11 is 0. The second-order valence-corrected chi connectivity index (χ2v) is 7.96. The van der Waals surface area contributed by atoms with Crippen LogP contribution in [0.25, 0.3) is 21.7 Å². The Hall–Kier alpha value is -3.60. The fourth-order valence-electron chi connectivity index (χ4n) is 4.42. The molecule has 5 rings (SSSR count). The van der Waals surface area contributed by atoms with E-state index in [1.807, 2.05) is 59.5 Å². The third-order valence-electron chi connectivity index (χ3n) is 6.13. The molecule has 1 amide bonds. The molecule has 156 valence electrons. The second-order valence-electron chi connectivity index (χ2n) is 7.96. The standard InChI is InChI=1S/C26H25N3O2/c1-18-17-24(27-25-20(18)10-6-12-23(25)31-2)28-13-15-29(16-14-28)26(30)22-11-5-8-19-7-3-4-9-21(19)22/h3-12,17H,13-16H2,1-2H3. The van der Waals surface area contributed by atoms with Crippen LogP contribution in [0.5, 0.6) is 5.75 Å². The number of aryl methyl sites for hydroxylation is 1. The molecule has 0 spiro atoms. The van der Waals surface area contributed by atoms with Crippen LogP contribution >= 0.6 is 0 Å². The maximum atomic E-state index is 13.2. The number of amides is 1. The number of benzene rings is 3. The number of piperazine rings is 1. The number of carbonyl (C=O) groups is 1. The largest absolute Gasteiger partial charge is 0.494 e. The zero-order valence-corrected chi connectivity index (χ0v) is 17.8. The van der Waals surface area contributed by atoms with Crippen LogP contribution in [0, 0.1) is 6.92 Å². The van der Waals surface area contributed by atoms with Crippen LogP contribution < -0.4 is 9.64 Å². The number of hydrogen-bond acceptors (Lipinski definition) is 4. The number of ether oxygens (including phenoxy) is 1.